The Balaban J connectivity index is 1.21. The van der Waals surface area contributed by atoms with Crippen LogP contribution in [0.25, 0.3) is 0 Å². The van der Waals surface area contributed by atoms with Crippen LogP contribution in [0, 0.1) is 35.5 Å². The third-order valence-corrected chi connectivity index (χ3v) is 13.2. The first kappa shape index (κ1) is 27.9. The topological polar surface area (TPSA) is 83.1 Å². The van der Waals surface area contributed by atoms with Gasteiger partial charge in [-0.1, -0.05) is 26.7 Å². The van der Waals surface area contributed by atoms with E-state index in [4.69, 9.17) is 8.92 Å². The molecule has 0 aromatic heterocycles. The van der Waals surface area contributed by atoms with Crippen molar-refractivity contribution in [3.05, 3.63) is 0 Å². The maximum atomic E-state index is 13.4. The monoisotopic (exact) mass is 552 g/mol. The van der Waals surface area contributed by atoms with Gasteiger partial charge in [0.05, 0.1) is 12.2 Å². The summed E-state index contributed by atoms with van der Waals surface area (Å²) in [6.45, 7) is 9.47. The Morgan fingerprint density at radius 1 is 0.868 bits per heavy atom. The van der Waals surface area contributed by atoms with Crippen molar-refractivity contribution in [1.82, 2.24) is 20.3 Å². The minimum atomic E-state index is -3.69. The van der Waals surface area contributed by atoms with Gasteiger partial charge < -0.3 is 4.74 Å². The summed E-state index contributed by atoms with van der Waals surface area (Å²) in [7, 11) is -3.69. The summed E-state index contributed by atoms with van der Waals surface area (Å²) in [5, 5.41) is 2.48. The average molecular weight is 553 g/mol. The van der Waals surface area contributed by atoms with E-state index in [1.54, 1.807) is 4.31 Å². The normalized spacial score (nSPS) is 51.8. The molecule has 12 unspecified atom stereocenters. The van der Waals surface area contributed by atoms with Crippen LogP contribution in [-0.2, 0) is 19.2 Å². The van der Waals surface area contributed by atoms with Gasteiger partial charge in [0, 0.05) is 43.7 Å². The average Bonchev–Trinajstić information content (AvgIpc) is 3.31. The predicted octanol–water partition coefficient (Wildman–Crippen LogP) is 4.24. The van der Waals surface area contributed by atoms with Gasteiger partial charge in [-0.25, -0.2) is 10.4 Å². The Bertz CT molecular complexity index is 920. The van der Waals surface area contributed by atoms with Crippen LogP contribution < -0.4 is 11.0 Å². The Labute approximate surface area is 231 Å². The number of nitrogens with zero attached hydrogens (tertiary/aromatic N) is 2. The van der Waals surface area contributed by atoms with E-state index in [-0.39, 0.29) is 24.2 Å². The van der Waals surface area contributed by atoms with Gasteiger partial charge in [-0.2, -0.15) is 18.3 Å². The highest BCUT2D eigenvalue weighted by molar-refractivity contribution is 7.84. The second-order valence-corrected chi connectivity index (χ2v) is 15.3. The lowest BCUT2D eigenvalue weighted by atomic mass is 9.65. The fourth-order valence-electron chi connectivity index (χ4n) is 9.20. The van der Waals surface area contributed by atoms with Crippen molar-refractivity contribution in [3.8, 4) is 0 Å². The zero-order valence-corrected chi connectivity index (χ0v) is 24.7. The summed E-state index contributed by atoms with van der Waals surface area (Å²) < 4.78 is 40.7. The molecule has 7 fully saturated rings. The fourth-order valence-corrected chi connectivity index (χ4v) is 10.8. The number of hydrogen-bond acceptors (Lipinski definition) is 7. The summed E-state index contributed by atoms with van der Waals surface area (Å²) in [6.07, 6.45) is 13.6. The van der Waals surface area contributed by atoms with Crippen LogP contribution in [0.5, 0.6) is 0 Å². The molecule has 9 heteroatoms. The lowest BCUT2D eigenvalue weighted by Crippen LogP contribution is -2.56. The van der Waals surface area contributed by atoms with Crippen molar-refractivity contribution in [2.75, 3.05) is 19.7 Å². The van der Waals surface area contributed by atoms with E-state index in [1.807, 2.05) is 0 Å². The third-order valence-electron chi connectivity index (χ3n) is 11.6. The Morgan fingerprint density at radius 2 is 1.74 bits per heavy atom. The minimum absolute atomic E-state index is 0.0171. The van der Waals surface area contributed by atoms with Crippen LogP contribution in [0.1, 0.15) is 97.8 Å². The standard InChI is InChI=1S/C29H52N4O4S/c1-19-7-8-22-15-23-9-11-27-29(20(23)2)30-31-32(27)13-5-4-6-14-36-25-10-12-28-24(17-25)18-33(38(34,35)37-28)21(3)26(19)16-22/h19-31H,4-18H2,1-3H3/t19?,20?,21-,22?,23?,24?,25?,26?,27?,28?,29?/m1/s1. The molecule has 9 bridgehead atoms. The molecule has 7 rings (SSSR count). The summed E-state index contributed by atoms with van der Waals surface area (Å²) in [5.74, 6) is 3.25. The molecule has 0 spiro atoms. The summed E-state index contributed by atoms with van der Waals surface area (Å²) in [5.41, 5.74) is 7.20. The van der Waals surface area contributed by atoms with Crippen molar-refractivity contribution >= 4 is 10.3 Å². The van der Waals surface area contributed by atoms with E-state index < -0.39 is 10.3 Å². The van der Waals surface area contributed by atoms with Crippen molar-refractivity contribution in [2.24, 2.45) is 35.5 Å². The second-order valence-electron chi connectivity index (χ2n) is 13.8. The Hall–Kier alpha value is -0.290. The molecule has 13 atom stereocenters. The molecule has 3 saturated carbocycles. The van der Waals surface area contributed by atoms with Gasteiger partial charge in [-0.05, 0) is 101 Å². The molecule has 0 radical (unpaired) electrons. The maximum absolute atomic E-state index is 13.4. The molecule has 8 nitrogen and oxygen atoms in total. The number of hydrazine groups is 2. The highest BCUT2D eigenvalue weighted by atomic mass is 32.2. The smallest absolute Gasteiger partial charge is 0.338 e. The van der Waals surface area contributed by atoms with Crippen LogP contribution in [0.3, 0.4) is 0 Å². The first-order chi connectivity index (χ1) is 18.3. The van der Waals surface area contributed by atoms with E-state index in [1.165, 1.54) is 44.9 Å². The van der Waals surface area contributed by atoms with Crippen molar-refractivity contribution in [2.45, 2.75) is 128 Å². The predicted molar refractivity (Wildman–Crippen MR) is 148 cm³/mol. The summed E-state index contributed by atoms with van der Waals surface area (Å²) >= 11 is 0. The van der Waals surface area contributed by atoms with E-state index in [0.29, 0.717) is 42.3 Å². The van der Waals surface area contributed by atoms with Gasteiger partial charge in [0.25, 0.3) is 0 Å². The van der Waals surface area contributed by atoms with Crippen LogP contribution in [0.4, 0.5) is 0 Å². The van der Waals surface area contributed by atoms with E-state index in [9.17, 15) is 8.42 Å². The molecule has 0 aromatic rings. The first-order valence-corrected chi connectivity index (χ1v) is 17.3. The van der Waals surface area contributed by atoms with Gasteiger partial charge in [0.1, 0.15) is 0 Å². The number of hydrogen-bond donors (Lipinski definition) is 2. The largest absolute Gasteiger partial charge is 0.378 e. The van der Waals surface area contributed by atoms with Crippen LogP contribution in [0.15, 0.2) is 0 Å². The molecule has 0 amide bonds. The number of fused-ring (bicyclic) bond motifs is 6. The SMILES string of the molecule is CC1CCC2CC3CCC4C(NNN4CCCCCOC4CCC5OS(=O)(=O)N(CC5C4)[C@H](C)C1C2)C3C. The summed E-state index contributed by atoms with van der Waals surface area (Å²) in [6, 6.07) is 1.10. The van der Waals surface area contributed by atoms with E-state index >= 15 is 0 Å². The molecule has 38 heavy (non-hydrogen) atoms. The van der Waals surface area contributed by atoms with Crippen LogP contribution in [0.2, 0.25) is 0 Å². The third kappa shape index (κ3) is 5.59. The second kappa shape index (κ2) is 11.5. The van der Waals surface area contributed by atoms with Gasteiger partial charge in [-0.3, -0.25) is 4.18 Å². The molecular formula is C29H52N4O4S. The number of nitrogens with one attached hydrogen (secondary N) is 2. The van der Waals surface area contributed by atoms with Gasteiger partial charge in [0.15, 0.2) is 0 Å². The lowest BCUT2D eigenvalue weighted by Gasteiger charge is -2.48. The molecule has 218 valence electrons. The summed E-state index contributed by atoms with van der Waals surface area (Å²) in [4.78, 5) is 0. The molecule has 0 aromatic carbocycles. The van der Waals surface area contributed by atoms with Crippen molar-refractivity contribution < 1.29 is 17.3 Å². The molecule has 4 aliphatic heterocycles. The van der Waals surface area contributed by atoms with Crippen LogP contribution in [-0.4, -0.2) is 67.8 Å². The van der Waals surface area contributed by atoms with E-state index in [0.717, 1.165) is 51.2 Å². The highest BCUT2D eigenvalue weighted by Gasteiger charge is 2.48. The molecule has 3 aliphatic carbocycles. The van der Waals surface area contributed by atoms with Gasteiger partial charge in [0.2, 0.25) is 0 Å². The van der Waals surface area contributed by atoms with E-state index in [2.05, 4.69) is 36.7 Å². The Kier molecular flexibility index (Phi) is 8.46. The first-order valence-electron chi connectivity index (χ1n) is 15.9. The molecular weight excluding hydrogens is 500 g/mol. The van der Waals surface area contributed by atoms with Crippen LogP contribution >= 0.6 is 0 Å². The van der Waals surface area contributed by atoms with Gasteiger partial charge >= 0.3 is 10.3 Å². The molecule has 2 N–H and O–H groups in total. The zero-order chi connectivity index (χ0) is 26.4. The number of ether oxygens (including phenoxy) is 1. The molecule has 4 saturated heterocycles. The Morgan fingerprint density at radius 3 is 2.61 bits per heavy atom. The highest BCUT2D eigenvalue weighted by Crippen LogP contribution is 2.46. The molecule has 7 aliphatic rings. The quantitative estimate of drug-likeness (QED) is 0.465. The minimum Gasteiger partial charge on any atom is -0.378 e. The van der Waals surface area contributed by atoms with Gasteiger partial charge in [-0.15, -0.1) is 0 Å². The zero-order valence-electron chi connectivity index (χ0n) is 23.9. The lowest BCUT2D eigenvalue weighted by molar-refractivity contribution is -0.0494. The van der Waals surface area contributed by atoms with Crippen molar-refractivity contribution in [1.29, 1.82) is 0 Å². The molecule has 4 heterocycles. The van der Waals surface area contributed by atoms with Crippen molar-refractivity contribution in [3.63, 3.8) is 0 Å². The fraction of sp³-hybridized carbons (Fsp3) is 1.00. The number of rotatable bonds is 0. The maximum Gasteiger partial charge on any atom is 0.338 e.